The number of amides is 1. The molecule has 0 saturated carbocycles. The summed E-state index contributed by atoms with van der Waals surface area (Å²) < 4.78 is 9.95. The van der Waals surface area contributed by atoms with Gasteiger partial charge in [-0.05, 0) is 18.2 Å². The van der Waals surface area contributed by atoms with Gasteiger partial charge >= 0.3 is 0 Å². The summed E-state index contributed by atoms with van der Waals surface area (Å²) >= 11 is 0. The van der Waals surface area contributed by atoms with Gasteiger partial charge in [0.1, 0.15) is 23.8 Å². The third-order valence-corrected chi connectivity index (χ3v) is 2.39. The second-order valence-electron chi connectivity index (χ2n) is 3.46. The van der Waals surface area contributed by atoms with Gasteiger partial charge in [0.2, 0.25) is 0 Å². The normalized spacial score (nSPS) is 9.56. The lowest BCUT2D eigenvalue weighted by Crippen LogP contribution is -2.12. The van der Waals surface area contributed by atoms with Gasteiger partial charge in [0, 0.05) is 0 Å². The first-order valence-corrected chi connectivity index (χ1v) is 5.17. The van der Waals surface area contributed by atoms with E-state index in [-0.39, 0.29) is 5.91 Å². The molecular formula is C13H10N2O3. The zero-order chi connectivity index (χ0) is 13.0. The van der Waals surface area contributed by atoms with Crippen LogP contribution < -0.4 is 10.1 Å². The minimum absolute atomic E-state index is 0.339. The molecule has 0 aliphatic heterocycles. The number of anilines is 1. The van der Waals surface area contributed by atoms with Gasteiger partial charge in [0.25, 0.3) is 5.91 Å². The van der Waals surface area contributed by atoms with Crippen LogP contribution in [0.3, 0.4) is 0 Å². The highest BCUT2D eigenvalue weighted by molar-refractivity contribution is 6.05. The van der Waals surface area contributed by atoms with Crippen LogP contribution in [0.5, 0.6) is 5.75 Å². The maximum Gasteiger partial charge on any atom is 0.259 e. The molecule has 0 unspecified atom stereocenters. The Morgan fingerprint density at radius 1 is 1.44 bits per heavy atom. The van der Waals surface area contributed by atoms with Crippen molar-refractivity contribution in [1.82, 2.24) is 0 Å². The quantitative estimate of drug-likeness (QED) is 0.896. The number of para-hydroxylation sites is 1. The molecule has 2 rings (SSSR count). The van der Waals surface area contributed by atoms with E-state index in [0.717, 1.165) is 0 Å². The summed E-state index contributed by atoms with van der Waals surface area (Å²) in [6.45, 7) is 0. The second-order valence-corrected chi connectivity index (χ2v) is 3.46. The predicted molar refractivity (Wildman–Crippen MR) is 64.4 cm³/mol. The lowest BCUT2D eigenvalue weighted by atomic mass is 10.1. The van der Waals surface area contributed by atoms with E-state index in [1.807, 2.05) is 6.07 Å². The molecule has 0 saturated heterocycles. The van der Waals surface area contributed by atoms with Crippen LogP contribution in [0.2, 0.25) is 0 Å². The van der Waals surface area contributed by atoms with E-state index < -0.39 is 0 Å². The lowest BCUT2D eigenvalue weighted by molar-refractivity contribution is 0.102. The number of furan rings is 1. The van der Waals surface area contributed by atoms with E-state index in [2.05, 4.69) is 5.32 Å². The van der Waals surface area contributed by atoms with E-state index in [9.17, 15) is 4.79 Å². The molecule has 90 valence electrons. The van der Waals surface area contributed by atoms with Gasteiger partial charge < -0.3 is 14.5 Å². The predicted octanol–water partition coefficient (Wildman–Crippen LogP) is 2.41. The number of nitriles is 1. The van der Waals surface area contributed by atoms with E-state index in [1.54, 1.807) is 18.2 Å². The number of carbonyl (C=O) groups is 1. The monoisotopic (exact) mass is 242 g/mol. The van der Waals surface area contributed by atoms with Crippen molar-refractivity contribution in [3.63, 3.8) is 0 Å². The van der Waals surface area contributed by atoms with Crippen LogP contribution in [0.25, 0.3) is 0 Å². The van der Waals surface area contributed by atoms with Gasteiger partial charge in [-0.3, -0.25) is 4.79 Å². The Balaban J connectivity index is 2.34. The van der Waals surface area contributed by atoms with Crippen molar-refractivity contribution < 1.29 is 13.9 Å². The summed E-state index contributed by atoms with van der Waals surface area (Å²) in [6.07, 6.45) is 2.74. The molecule has 1 N–H and O–H groups in total. The first-order valence-electron chi connectivity index (χ1n) is 5.17. The molecule has 0 aliphatic carbocycles. The Kier molecular flexibility index (Phi) is 3.30. The molecule has 0 spiro atoms. The maximum atomic E-state index is 11.9. The Labute approximate surface area is 104 Å². The molecule has 1 heterocycles. The van der Waals surface area contributed by atoms with Crippen LogP contribution in [-0.2, 0) is 0 Å². The minimum Gasteiger partial charge on any atom is -0.495 e. The molecule has 0 bridgehead atoms. The summed E-state index contributed by atoms with van der Waals surface area (Å²) in [5, 5.41) is 11.6. The van der Waals surface area contributed by atoms with Crippen molar-refractivity contribution in [2.24, 2.45) is 0 Å². The average molecular weight is 242 g/mol. The first kappa shape index (κ1) is 11.7. The van der Waals surface area contributed by atoms with Gasteiger partial charge in [-0.2, -0.15) is 5.26 Å². The molecule has 1 aromatic heterocycles. The van der Waals surface area contributed by atoms with Crippen LogP contribution in [0.1, 0.15) is 15.9 Å². The minimum atomic E-state index is -0.357. The molecule has 0 aliphatic rings. The Hall–Kier alpha value is -2.74. The summed E-state index contributed by atoms with van der Waals surface area (Å²) in [5.74, 6) is 0.0793. The number of carbonyl (C=O) groups excluding carboxylic acids is 1. The zero-order valence-corrected chi connectivity index (χ0v) is 9.64. The van der Waals surface area contributed by atoms with Gasteiger partial charge in [0.15, 0.2) is 0 Å². The number of nitrogens with zero attached hydrogens (tertiary/aromatic N) is 1. The number of hydrogen-bond acceptors (Lipinski definition) is 4. The number of methoxy groups -OCH3 is 1. The molecule has 18 heavy (non-hydrogen) atoms. The fourth-order valence-electron chi connectivity index (χ4n) is 1.50. The van der Waals surface area contributed by atoms with Crippen molar-refractivity contribution in [2.75, 3.05) is 12.4 Å². The van der Waals surface area contributed by atoms with E-state index in [1.165, 1.54) is 25.7 Å². The number of benzene rings is 1. The van der Waals surface area contributed by atoms with E-state index >= 15 is 0 Å². The highest BCUT2D eigenvalue weighted by Crippen LogP contribution is 2.28. The lowest BCUT2D eigenvalue weighted by Gasteiger charge is -2.10. The van der Waals surface area contributed by atoms with Crippen molar-refractivity contribution in [3.05, 3.63) is 47.9 Å². The van der Waals surface area contributed by atoms with Gasteiger partial charge in [0.05, 0.1) is 24.5 Å². The highest BCUT2D eigenvalue weighted by atomic mass is 16.5. The molecule has 1 amide bonds. The first-order chi connectivity index (χ1) is 8.76. The summed E-state index contributed by atoms with van der Waals surface area (Å²) in [4.78, 5) is 11.9. The number of rotatable bonds is 3. The highest BCUT2D eigenvalue weighted by Gasteiger charge is 2.14. The maximum absolute atomic E-state index is 11.9. The Morgan fingerprint density at radius 3 is 2.89 bits per heavy atom. The average Bonchev–Trinajstić information content (AvgIpc) is 2.93. The largest absolute Gasteiger partial charge is 0.495 e. The van der Waals surface area contributed by atoms with Crippen LogP contribution in [-0.4, -0.2) is 13.0 Å². The van der Waals surface area contributed by atoms with E-state index in [4.69, 9.17) is 14.4 Å². The molecule has 0 radical (unpaired) electrons. The number of nitrogens with one attached hydrogen (secondary N) is 1. The van der Waals surface area contributed by atoms with Crippen molar-refractivity contribution in [2.45, 2.75) is 0 Å². The standard InChI is InChI=1S/C13H10N2O3/c1-17-11-4-2-3-9(7-14)12(11)15-13(16)10-5-6-18-8-10/h2-6,8H,1H3,(H,15,16). The summed E-state index contributed by atoms with van der Waals surface area (Å²) in [5.41, 5.74) is 1.07. The molecule has 5 heteroatoms. The number of ether oxygens (including phenoxy) is 1. The van der Waals surface area contributed by atoms with Crippen molar-refractivity contribution >= 4 is 11.6 Å². The fraction of sp³-hybridized carbons (Fsp3) is 0.0769. The van der Waals surface area contributed by atoms with Gasteiger partial charge in [-0.1, -0.05) is 6.07 Å². The third-order valence-electron chi connectivity index (χ3n) is 2.39. The molecule has 2 aromatic rings. The smallest absolute Gasteiger partial charge is 0.259 e. The van der Waals surface area contributed by atoms with E-state index in [0.29, 0.717) is 22.6 Å². The van der Waals surface area contributed by atoms with Crippen LogP contribution in [0.15, 0.2) is 41.2 Å². The molecule has 0 fully saturated rings. The van der Waals surface area contributed by atoms with Crippen molar-refractivity contribution in [3.8, 4) is 11.8 Å². The molecule has 5 nitrogen and oxygen atoms in total. The summed E-state index contributed by atoms with van der Waals surface area (Å²) in [7, 11) is 1.48. The third kappa shape index (κ3) is 2.18. The summed E-state index contributed by atoms with van der Waals surface area (Å²) in [6, 6.07) is 8.50. The SMILES string of the molecule is COc1cccc(C#N)c1NC(=O)c1ccoc1. The fourth-order valence-corrected chi connectivity index (χ4v) is 1.50. The molecule has 0 atom stereocenters. The molecular weight excluding hydrogens is 232 g/mol. The van der Waals surface area contributed by atoms with Gasteiger partial charge in [-0.25, -0.2) is 0 Å². The van der Waals surface area contributed by atoms with Crippen molar-refractivity contribution in [1.29, 1.82) is 5.26 Å². The van der Waals surface area contributed by atoms with Crippen LogP contribution >= 0.6 is 0 Å². The zero-order valence-electron chi connectivity index (χ0n) is 9.64. The Morgan fingerprint density at radius 2 is 2.28 bits per heavy atom. The number of hydrogen-bond donors (Lipinski definition) is 1. The topological polar surface area (TPSA) is 75.3 Å². The Bertz CT molecular complexity index is 597. The molecule has 1 aromatic carbocycles. The van der Waals surface area contributed by atoms with Crippen LogP contribution in [0, 0.1) is 11.3 Å². The van der Waals surface area contributed by atoms with Gasteiger partial charge in [-0.15, -0.1) is 0 Å². The second kappa shape index (κ2) is 5.06. The van der Waals surface area contributed by atoms with Crippen LogP contribution in [0.4, 0.5) is 5.69 Å².